The fourth-order valence-corrected chi connectivity index (χ4v) is 2.72. The molecule has 0 aliphatic carbocycles. The summed E-state index contributed by atoms with van der Waals surface area (Å²) in [7, 11) is 0. The molecule has 2 rings (SSSR count). The van der Waals surface area contributed by atoms with Gasteiger partial charge in [0, 0.05) is 31.4 Å². The van der Waals surface area contributed by atoms with Crippen LogP contribution in [0, 0.1) is 6.92 Å². The number of aryl methyl sites for hydroxylation is 1. The summed E-state index contributed by atoms with van der Waals surface area (Å²) in [5, 5.41) is 2.99. The van der Waals surface area contributed by atoms with Crippen LogP contribution in [0.5, 0.6) is 0 Å². The molecule has 0 bridgehead atoms. The molecule has 0 unspecified atom stereocenters. The Morgan fingerprint density at radius 3 is 2.54 bits per heavy atom. The third-order valence-corrected chi connectivity index (χ3v) is 3.85. The quantitative estimate of drug-likeness (QED) is 0.799. The Morgan fingerprint density at radius 1 is 1.12 bits per heavy atom. The number of hydrogen-bond donors (Lipinski definition) is 1. The SMILES string of the molecule is CCCN(CCC)c1cc(C(=O)NCc2cccc(C)c2)ccn1. The highest BCUT2D eigenvalue weighted by molar-refractivity contribution is 5.94. The molecule has 0 radical (unpaired) electrons. The van der Waals surface area contributed by atoms with E-state index in [0.29, 0.717) is 12.1 Å². The van der Waals surface area contributed by atoms with Crippen molar-refractivity contribution in [1.29, 1.82) is 0 Å². The van der Waals surface area contributed by atoms with Gasteiger partial charge in [0.1, 0.15) is 5.82 Å². The molecule has 1 amide bonds. The molecule has 1 heterocycles. The summed E-state index contributed by atoms with van der Waals surface area (Å²) in [6.45, 7) is 8.80. The molecule has 128 valence electrons. The monoisotopic (exact) mass is 325 g/mol. The predicted molar refractivity (Wildman–Crippen MR) is 99.4 cm³/mol. The molecule has 0 aliphatic rings. The zero-order chi connectivity index (χ0) is 17.4. The van der Waals surface area contributed by atoms with Gasteiger partial charge in [0.25, 0.3) is 5.91 Å². The molecule has 24 heavy (non-hydrogen) atoms. The van der Waals surface area contributed by atoms with E-state index in [9.17, 15) is 4.79 Å². The third-order valence-electron chi connectivity index (χ3n) is 3.85. The summed E-state index contributed by atoms with van der Waals surface area (Å²) in [6, 6.07) is 11.8. The Hall–Kier alpha value is -2.36. The number of anilines is 1. The Balaban J connectivity index is 2.05. The average molecular weight is 325 g/mol. The number of carbonyl (C=O) groups is 1. The van der Waals surface area contributed by atoms with Crippen LogP contribution in [0.2, 0.25) is 0 Å². The van der Waals surface area contributed by atoms with Gasteiger partial charge in [0.15, 0.2) is 0 Å². The molecule has 2 aromatic rings. The number of rotatable bonds is 8. The first-order valence-electron chi connectivity index (χ1n) is 8.68. The van der Waals surface area contributed by atoms with Crippen LogP contribution in [-0.4, -0.2) is 24.0 Å². The van der Waals surface area contributed by atoms with Crippen LogP contribution in [0.15, 0.2) is 42.6 Å². The molecule has 1 N–H and O–H groups in total. The highest BCUT2D eigenvalue weighted by atomic mass is 16.1. The molecule has 0 aliphatic heterocycles. The minimum absolute atomic E-state index is 0.0619. The maximum Gasteiger partial charge on any atom is 0.251 e. The van der Waals surface area contributed by atoms with Crippen LogP contribution in [0.3, 0.4) is 0 Å². The second kappa shape index (κ2) is 9.06. The topological polar surface area (TPSA) is 45.2 Å². The van der Waals surface area contributed by atoms with Crippen molar-refractivity contribution in [3.05, 3.63) is 59.3 Å². The zero-order valence-electron chi connectivity index (χ0n) is 14.9. The van der Waals surface area contributed by atoms with Crippen LogP contribution < -0.4 is 10.2 Å². The van der Waals surface area contributed by atoms with Crippen molar-refractivity contribution in [2.24, 2.45) is 0 Å². The molecule has 4 nitrogen and oxygen atoms in total. The number of nitrogens with zero attached hydrogens (tertiary/aromatic N) is 2. The molecule has 1 aromatic heterocycles. The number of pyridine rings is 1. The predicted octanol–water partition coefficient (Wildman–Crippen LogP) is 3.95. The number of nitrogens with one attached hydrogen (secondary N) is 1. The van der Waals surface area contributed by atoms with Crippen molar-refractivity contribution < 1.29 is 4.79 Å². The molecule has 0 fully saturated rings. The lowest BCUT2D eigenvalue weighted by Gasteiger charge is -2.22. The Labute approximate surface area is 144 Å². The summed E-state index contributed by atoms with van der Waals surface area (Å²) >= 11 is 0. The molecule has 0 saturated heterocycles. The maximum absolute atomic E-state index is 12.4. The van der Waals surface area contributed by atoms with Crippen molar-refractivity contribution in [3.63, 3.8) is 0 Å². The van der Waals surface area contributed by atoms with Crippen LogP contribution in [0.4, 0.5) is 5.82 Å². The van der Waals surface area contributed by atoms with E-state index in [-0.39, 0.29) is 5.91 Å². The van der Waals surface area contributed by atoms with Gasteiger partial charge in [-0.15, -0.1) is 0 Å². The maximum atomic E-state index is 12.4. The normalized spacial score (nSPS) is 10.5. The molecule has 1 aromatic carbocycles. The van der Waals surface area contributed by atoms with E-state index in [0.717, 1.165) is 37.3 Å². The fraction of sp³-hybridized carbons (Fsp3) is 0.400. The molecule has 0 saturated carbocycles. The van der Waals surface area contributed by atoms with Gasteiger partial charge >= 0.3 is 0 Å². The van der Waals surface area contributed by atoms with E-state index in [1.165, 1.54) is 5.56 Å². The first-order valence-corrected chi connectivity index (χ1v) is 8.68. The van der Waals surface area contributed by atoms with Gasteiger partial charge < -0.3 is 10.2 Å². The Kier molecular flexibility index (Phi) is 6.79. The molecule has 0 atom stereocenters. The van der Waals surface area contributed by atoms with Crippen molar-refractivity contribution >= 4 is 11.7 Å². The number of amides is 1. The second-order valence-corrected chi connectivity index (χ2v) is 6.06. The van der Waals surface area contributed by atoms with Crippen molar-refractivity contribution in [3.8, 4) is 0 Å². The summed E-state index contributed by atoms with van der Waals surface area (Å²) in [6.07, 6.45) is 3.84. The molecule has 4 heteroatoms. The molecule has 0 spiro atoms. The molecular formula is C20H27N3O. The third kappa shape index (κ3) is 5.08. The summed E-state index contributed by atoms with van der Waals surface area (Å²) < 4.78 is 0. The van der Waals surface area contributed by atoms with Gasteiger partial charge in [-0.3, -0.25) is 4.79 Å². The average Bonchev–Trinajstić information content (AvgIpc) is 2.60. The fourth-order valence-electron chi connectivity index (χ4n) is 2.72. The second-order valence-electron chi connectivity index (χ2n) is 6.06. The number of carbonyl (C=O) groups excluding carboxylic acids is 1. The minimum Gasteiger partial charge on any atom is -0.357 e. The standard InChI is InChI=1S/C20H27N3O/c1-4-11-23(12-5-2)19-14-18(9-10-21-19)20(24)22-15-17-8-6-7-16(3)13-17/h6-10,13-14H,4-5,11-12,15H2,1-3H3,(H,22,24). The van der Waals surface area contributed by atoms with E-state index in [1.54, 1.807) is 12.3 Å². The minimum atomic E-state index is -0.0619. The summed E-state index contributed by atoms with van der Waals surface area (Å²) in [5.74, 6) is 0.815. The Bertz CT molecular complexity index is 663. The van der Waals surface area contributed by atoms with E-state index in [1.807, 2.05) is 18.2 Å². The van der Waals surface area contributed by atoms with Gasteiger partial charge in [0.05, 0.1) is 0 Å². The lowest BCUT2D eigenvalue weighted by Crippen LogP contribution is -2.27. The van der Waals surface area contributed by atoms with Gasteiger partial charge in [-0.1, -0.05) is 43.7 Å². The molecular weight excluding hydrogens is 298 g/mol. The van der Waals surface area contributed by atoms with Crippen LogP contribution in [0.25, 0.3) is 0 Å². The van der Waals surface area contributed by atoms with Gasteiger partial charge in [-0.2, -0.15) is 0 Å². The first-order chi connectivity index (χ1) is 11.6. The van der Waals surface area contributed by atoms with Crippen LogP contribution in [-0.2, 0) is 6.54 Å². The van der Waals surface area contributed by atoms with Crippen molar-refractivity contribution in [2.45, 2.75) is 40.2 Å². The van der Waals surface area contributed by atoms with E-state index in [4.69, 9.17) is 0 Å². The number of benzene rings is 1. The van der Waals surface area contributed by atoms with Gasteiger partial charge in [-0.05, 0) is 37.5 Å². The highest BCUT2D eigenvalue weighted by Gasteiger charge is 2.11. The van der Waals surface area contributed by atoms with E-state index in [2.05, 4.69) is 48.1 Å². The highest BCUT2D eigenvalue weighted by Crippen LogP contribution is 2.14. The smallest absolute Gasteiger partial charge is 0.251 e. The van der Waals surface area contributed by atoms with E-state index >= 15 is 0 Å². The summed E-state index contributed by atoms with van der Waals surface area (Å²) in [4.78, 5) is 19.1. The zero-order valence-corrected chi connectivity index (χ0v) is 14.9. The van der Waals surface area contributed by atoms with E-state index < -0.39 is 0 Å². The van der Waals surface area contributed by atoms with Gasteiger partial charge in [0.2, 0.25) is 0 Å². The largest absolute Gasteiger partial charge is 0.357 e. The number of aromatic nitrogens is 1. The van der Waals surface area contributed by atoms with Crippen LogP contribution >= 0.6 is 0 Å². The lowest BCUT2D eigenvalue weighted by atomic mass is 10.1. The van der Waals surface area contributed by atoms with Crippen molar-refractivity contribution in [1.82, 2.24) is 10.3 Å². The summed E-state index contributed by atoms with van der Waals surface area (Å²) in [5.41, 5.74) is 2.96. The Morgan fingerprint density at radius 2 is 1.88 bits per heavy atom. The first kappa shape index (κ1) is 18.0. The lowest BCUT2D eigenvalue weighted by molar-refractivity contribution is 0.0951. The van der Waals surface area contributed by atoms with Crippen molar-refractivity contribution in [2.75, 3.05) is 18.0 Å². The number of hydrogen-bond acceptors (Lipinski definition) is 3. The van der Waals surface area contributed by atoms with Gasteiger partial charge in [-0.25, -0.2) is 4.98 Å². The van der Waals surface area contributed by atoms with Crippen LogP contribution in [0.1, 0.15) is 48.2 Å².